The Morgan fingerprint density at radius 1 is 1.71 bits per heavy atom. The average Bonchev–Trinajstić information content (AvgIpc) is 2.34. The number of nitrogens with zero attached hydrogens (tertiary/aromatic N) is 2. The van der Waals surface area contributed by atoms with Crippen molar-refractivity contribution in [3.8, 4) is 0 Å². The third-order valence-corrected chi connectivity index (χ3v) is 3.62. The van der Waals surface area contributed by atoms with Crippen molar-refractivity contribution < 1.29 is 5.11 Å². The molecular weight excluding hydrogens is 262 g/mol. The maximum atomic E-state index is 11.7. The van der Waals surface area contributed by atoms with Gasteiger partial charge in [-0.15, -0.1) is 0 Å². The zero-order valence-corrected chi connectivity index (χ0v) is 11.4. The van der Waals surface area contributed by atoms with Gasteiger partial charge in [0.15, 0.2) is 0 Å². The van der Waals surface area contributed by atoms with Gasteiger partial charge in [0, 0.05) is 11.8 Å². The van der Waals surface area contributed by atoms with Crippen LogP contribution in [0.15, 0.2) is 11.0 Å². The molecule has 96 valence electrons. The lowest BCUT2D eigenvalue weighted by atomic mass is 10.4. The molecule has 1 aromatic rings. The number of thioether (sulfide) groups is 1. The number of halogens is 1. The summed E-state index contributed by atoms with van der Waals surface area (Å²) in [6.45, 7) is 2.80. The maximum Gasteiger partial charge on any atom is 0.287 e. The number of aliphatic hydroxyl groups excluding tert-OH is 1. The number of nitrogens with one attached hydrogen (secondary N) is 1. The zero-order chi connectivity index (χ0) is 12.8. The van der Waals surface area contributed by atoms with Gasteiger partial charge in [0.1, 0.15) is 5.02 Å². The summed E-state index contributed by atoms with van der Waals surface area (Å²) in [6.07, 6.45) is 3.53. The molecule has 1 rings (SSSR count). The van der Waals surface area contributed by atoms with Crippen LogP contribution in [-0.4, -0.2) is 39.5 Å². The summed E-state index contributed by atoms with van der Waals surface area (Å²) < 4.78 is 1.14. The van der Waals surface area contributed by atoms with Crippen molar-refractivity contribution in [2.45, 2.75) is 18.7 Å². The summed E-state index contributed by atoms with van der Waals surface area (Å²) in [5, 5.41) is 16.3. The molecule has 5 nitrogen and oxygen atoms in total. The van der Waals surface area contributed by atoms with E-state index in [4.69, 9.17) is 16.7 Å². The number of rotatable bonds is 6. The molecule has 0 aliphatic rings. The SMILES string of the molecule is CSC(C)CNc1cnn(CCO)c(=O)c1Cl. The average molecular weight is 278 g/mol. The lowest BCUT2D eigenvalue weighted by Gasteiger charge is -2.12. The first kappa shape index (κ1) is 14.3. The monoisotopic (exact) mass is 277 g/mol. The van der Waals surface area contributed by atoms with Gasteiger partial charge in [-0.2, -0.15) is 16.9 Å². The molecule has 0 amide bonds. The summed E-state index contributed by atoms with van der Waals surface area (Å²) >= 11 is 7.66. The number of anilines is 1. The standard InChI is InChI=1S/C10H16ClN3O2S/c1-7(17-2)5-12-8-6-13-14(3-4-15)10(16)9(8)11/h6-7,12,15H,3-5H2,1-2H3. The van der Waals surface area contributed by atoms with Crippen molar-refractivity contribution in [1.29, 1.82) is 0 Å². The van der Waals surface area contributed by atoms with Crippen LogP contribution in [0, 0.1) is 0 Å². The Balaban J connectivity index is 2.82. The van der Waals surface area contributed by atoms with Gasteiger partial charge >= 0.3 is 0 Å². The predicted octanol–water partition coefficient (Wildman–Crippen LogP) is 1.05. The summed E-state index contributed by atoms with van der Waals surface area (Å²) in [5.74, 6) is 0. The Labute approximate surface area is 109 Å². The molecule has 0 radical (unpaired) electrons. The smallest absolute Gasteiger partial charge is 0.287 e. The Bertz CT molecular complexity index is 425. The van der Waals surface area contributed by atoms with Gasteiger partial charge in [-0.3, -0.25) is 4.79 Å². The van der Waals surface area contributed by atoms with Gasteiger partial charge < -0.3 is 10.4 Å². The maximum absolute atomic E-state index is 11.7. The van der Waals surface area contributed by atoms with Crippen LogP contribution >= 0.6 is 23.4 Å². The van der Waals surface area contributed by atoms with Crippen LogP contribution in [0.5, 0.6) is 0 Å². The van der Waals surface area contributed by atoms with Crippen molar-refractivity contribution in [2.24, 2.45) is 0 Å². The van der Waals surface area contributed by atoms with Crippen molar-refractivity contribution in [1.82, 2.24) is 9.78 Å². The molecule has 1 unspecified atom stereocenters. The van der Waals surface area contributed by atoms with E-state index < -0.39 is 0 Å². The number of aliphatic hydroxyl groups is 1. The fraction of sp³-hybridized carbons (Fsp3) is 0.600. The molecule has 0 aliphatic carbocycles. The van der Waals surface area contributed by atoms with E-state index in [-0.39, 0.29) is 23.7 Å². The van der Waals surface area contributed by atoms with Crippen LogP contribution < -0.4 is 10.9 Å². The van der Waals surface area contributed by atoms with Crippen molar-refractivity contribution in [2.75, 3.05) is 24.7 Å². The molecule has 0 spiro atoms. The third kappa shape index (κ3) is 3.90. The molecular formula is C10H16ClN3O2S. The Kier molecular flexibility index (Phi) is 5.80. The molecule has 2 N–H and O–H groups in total. The molecule has 17 heavy (non-hydrogen) atoms. The van der Waals surface area contributed by atoms with Crippen LogP contribution in [0.25, 0.3) is 0 Å². The van der Waals surface area contributed by atoms with Crippen LogP contribution in [-0.2, 0) is 6.54 Å². The van der Waals surface area contributed by atoms with Crippen LogP contribution in [0.2, 0.25) is 5.02 Å². The van der Waals surface area contributed by atoms with E-state index in [1.807, 2.05) is 6.26 Å². The third-order valence-electron chi connectivity index (χ3n) is 2.28. The second kappa shape index (κ2) is 6.88. The Morgan fingerprint density at radius 2 is 2.41 bits per heavy atom. The van der Waals surface area contributed by atoms with Crippen LogP contribution in [0.4, 0.5) is 5.69 Å². The highest BCUT2D eigenvalue weighted by molar-refractivity contribution is 7.99. The second-order valence-electron chi connectivity index (χ2n) is 3.55. The van der Waals surface area contributed by atoms with E-state index in [9.17, 15) is 4.79 Å². The minimum absolute atomic E-state index is 0.113. The molecule has 0 saturated carbocycles. The van der Waals surface area contributed by atoms with E-state index in [1.54, 1.807) is 11.8 Å². The van der Waals surface area contributed by atoms with Crippen LogP contribution in [0.3, 0.4) is 0 Å². The highest BCUT2D eigenvalue weighted by Crippen LogP contribution is 2.16. The highest BCUT2D eigenvalue weighted by Gasteiger charge is 2.09. The quantitative estimate of drug-likeness (QED) is 0.814. The molecule has 0 saturated heterocycles. The van der Waals surface area contributed by atoms with Gasteiger partial charge in [0.2, 0.25) is 0 Å². The van der Waals surface area contributed by atoms with Gasteiger partial charge in [0.05, 0.1) is 25.0 Å². The summed E-state index contributed by atoms with van der Waals surface area (Å²) in [7, 11) is 0. The molecule has 0 aromatic carbocycles. The van der Waals surface area contributed by atoms with Gasteiger partial charge in [-0.05, 0) is 6.26 Å². The van der Waals surface area contributed by atoms with Crippen LogP contribution in [0.1, 0.15) is 6.92 Å². The highest BCUT2D eigenvalue weighted by atomic mass is 35.5. The van der Waals surface area contributed by atoms with Gasteiger partial charge in [0.25, 0.3) is 5.56 Å². The molecule has 1 atom stereocenters. The zero-order valence-electron chi connectivity index (χ0n) is 9.81. The molecule has 7 heteroatoms. The van der Waals surface area contributed by atoms with Crippen molar-refractivity contribution in [3.63, 3.8) is 0 Å². The Hall–Kier alpha value is -0.720. The molecule has 0 aliphatic heterocycles. The normalized spacial score (nSPS) is 12.5. The van der Waals surface area contributed by atoms with Gasteiger partial charge in [-0.25, -0.2) is 4.68 Å². The van der Waals surface area contributed by atoms with E-state index in [2.05, 4.69) is 17.3 Å². The molecule has 1 heterocycles. The molecule has 0 fully saturated rings. The van der Waals surface area contributed by atoms with Crippen molar-refractivity contribution in [3.05, 3.63) is 21.6 Å². The van der Waals surface area contributed by atoms with Crippen molar-refractivity contribution >= 4 is 29.1 Å². The summed E-state index contributed by atoms with van der Waals surface area (Å²) in [5.41, 5.74) is 0.147. The first-order chi connectivity index (χ1) is 8.10. The number of hydrogen-bond donors (Lipinski definition) is 2. The number of hydrogen-bond acceptors (Lipinski definition) is 5. The topological polar surface area (TPSA) is 67.2 Å². The van der Waals surface area contributed by atoms with E-state index in [1.165, 1.54) is 6.20 Å². The number of aromatic nitrogens is 2. The van der Waals surface area contributed by atoms with Gasteiger partial charge in [-0.1, -0.05) is 18.5 Å². The fourth-order valence-corrected chi connectivity index (χ4v) is 1.64. The second-order valence-corrected chi connectivity index (χ2v) is 5.21. The Morgan fingerprint density at radius 3 is 3.00 bits per heavy atom. The fourth-order valence-electron chi connectivity index (χ4n) is 1.18. The minimum Gasteiger partial charge on any atom is -0.394 e. The summed E-state index contributed by atoms with van der Waals surface area (Å²) in [6, 6.07) is 0. The summed E-state index contributed by atoms with van der Waals surface area (Å²) in [4.78, 5) is 11.7. The lowest BCUT2D eigenvalue weighted by molar-refractivity contribution is 0.266. The largest absolute Gasteiger partial charge is 0.394 e. The molecule has 1 aromatic heterocycles. The van der Waals surface area contributed by atoms with E-state index >= 15 is 0 Å². The predicted molar refractivity (Wildman–Crippen MR) is 72.1 cm³/mol. The van der Waals surface area contributed by atoms with E-state index in [0.29, 0.717) is 17.5 Å². The molecule has 0 bridgehead atoms. The lowest BCUT2D eigenvalue weighted by Crippen LogP contribution is -2.26. The van der Waals surface area contributed by atoms with E-state index in [0.717, 1.165) is 4.68 Å². The first-order valence-electron chi connectivity index (χ1n) is 5.23. The first-order valence-corrected chi connectivity index (χ1v) is 6.90. The minimum atomic E-state index is -0.387.